The number of aliphatic hydroxyl groups is 1. The molecule has 4 rings (SSSR count). The number of phosphoric ester groups is 1. The number of carbonyl (C=O) groups is 2. The summed E-state index contributed by atoms with van der Waals surface area (Å²) < 4.78 is 35.1. The topological polar surface area (TPSA) is 134 Å². The molecule has 0 bridgehead atoms. The van der Waals surface area contributed by atoms with Crippen LogP contribution in [0.15, 0.2) is 66.9 Å². The van der Waals surface area contributed by atoms with Gasteiger partial charge in [-0.1, -0.05) is 133 Å². The van der Waals surface area contributed by atoms with E-state index in [1.807, 2.05) is 41.0 Å². The number of benzene rings is 2. The molecule has 0 fully saturated rings. The summed E-state index contributed by atoms with van der Waals surface area (Å²) in [6.07, 6.45) is 17.3. The van der Waals surface area contributed by atoms with E-state index in [4.69, 9.17) is 18.5 Å². The van der Waals surface area contributed by atoms with E-state index in [1.165, 1.54) is 75.3 Å². The highest BCUT2D eigenvalue weighted by Crippen LogP contribution is 2.45. The van der Waals surface area contributed by atoms with Gasteiger partial charge in [0.25, 0.3) is 0 Å². The van der Waals surface area contributed by atoms with E-state index in [0.717, 1.165) is 36.1 Å². The first kappa shape index (κ1) is 42.5. The number of aliphatic hydroxyl groups excluding tert-OH is 1. The Morgan fingerprint density at radius 1 is 0.717 bits per heavy atom. The molecule has 0 amide bonds. The van der Waals surface area contributed by atoms with Crippen LogP contribution in [0.25, 0.3) is 11.1 Å². The molecule has 0 spiro atoms. The number of nitrogens with zero attached hydrogens (tertiary/aromatic N) is 1. The Morgan fingerprint density at radius 3 is 1.91 bits per heavy atom. The molecule has 292 valence electrons. The molecule has 0 saturated heterocycles. The molecule has 11 heteroatoms. The predicted molar refractivity (Wildman–Crippen MR) is 206 cm³/mol. The molecule has 2 unspecified atom stereocenters. The summed E-state index contributed by atoms with van der Waals surface area (Å²) in [6.45, 7) is 1.78. The molecule has 10 nitrogen and oxygen atoms in total. The molecular formula is C42H60NO9P. The Labute approximate surface area is 315 Å². The second kappa shape index (κ2) is 23.5. The molecule has 1 aliphatic rings. The van der Waals surface area contributed by atoms with Crippen LogP contribution in [0.1, 0.15) is 126 Å². The third-order valence-electron chi connectivity index (χ3n) is 9.82. The molecule has 2 atom stereocenters. The van der Waals surface area contributed by atoms with Crippen molar-refractivity contribution in [3.63, 3.8) is 0 Å². The van der Waals surface area contributed by atoms with Crippen molar-refractivity contribution in [1.29, 1.82) is 0 Å². The Hall–Kier alpha value is -3.27. The SMILES string of the molecule is CCCCCCCCCCCCCCCC(=O)OCC(O)COP(=O)(O)OCCn1cccc1CCC(=O)OCC1c2ccccc2-c2ccccc21. The van der Waals surface area contributed by atoms with Crippen LogP contribution in [0.3, 0.4) is 0 Å². The van der Waals surface area contributed by atoms with E-state index in [9.17, 15) is 24.2 Å². The van der Waals surface area contributed by atoms with Gasteiger partial charge in [0.2, 0.25) is 0 Å². The lowest BCUT2D eigenvalue weighted by Gasteiger charge is -2.16. The van der Waals surface area contributed by atoms with Crippen LogP contribution in [-0.4, -0.2) is 59.0 Å². The first-order valence-corrected chi connectivity index (χ1v) is 21.2. The van der Waals surface area contributed by atoms with Crippen LogP contribution in [0.5, 0.6) is 0 Å². The Kier molecular flexibility index (Phi) is 18.8. The number of hydrogen-bond donors (Lipinski definition) is 2. The third kappa shape index (κ3) is 15.2. The van der Waals surface area contributed by atoms with Crippen molar-refractivity contribution in [2.45, 2.75) is 128 Å². The lowest BCUT2D eigenvalue weighted by Crippen LogP contribution is -2.23. The van der Waals surface area contributed by atoms with Gasteiger partial charge in [0, 0.05) is 30.8 Å². The van der Waals surface area contributed by atoms with E-state index < -0.39 is 26.5 Å². The number of esters is 2. The normalized spacial score (nSPS) is 14.0. The quantitative estimate of drug-likeness (QED) is 0.0423. The van der Waals surface area contributed by atoms with E-state index >= 15 is 0 Å². The number of fused-ring (bicyclic) bond motifs is 3. The highest BCUT2D eigenvalue weighted by atomic mass is 31.2. The van der Waals surface area contributed by atoms with Crippen molar-refractivity contribution in [2.24, 2.45) is 0 Å². The molecule has 2 aromatic carbocycles. The van der Waals surface area contributed by atoms with Gasteiger partial charge in [-0.05, 0) is 47.2 Å². The minimum atomic E-state index is -4.46. The second-order valence-electron chi connectivity index (χ2n) is 14.0. The molecule has 0 radical (unpaired) electrons. The van der Waals surface area contributed by atoms with Gasteiger partial charge in [0.1, 0.15) is 19.3 Å². The number of rotatable bonds is 28. The monoisotopic (exact) mass is 753 g/mol. The number of aromatic nitrogens is 1. The van der Waals surface area contributed by atoms with Gasteiger partial charge in [0.15, 0.2) is 0 Å². The molecule has 0 aliphatic heterocycles. The molecule has 1 heterocycles. The maximum atomic E-state index is 12.7. The first-order chi connectivity index (χ1) is 25.8. The molecule has 53 heavy (non-hydrogen) atoms. The highest BCUT2D eigenvalue weighted by molar-refractivity contribution is 7.47. The molecular weight excluding hydrogens is 693 g/mol. The third-order valence-corrected chi connectivity index (χ3v) is 10.8. The van der Waals surface area contributed by atoms with Crippen LogP contribution in [0.2, 0.25) is 0 Å². The molecule has 3 aromatic rings. The van der Waals surface area contributed by atoms with E-state index in [2.05, 4.69) is 31.2 Å². The molecule has 0 saturated carbocycles. The Morgan fingerprint density at radius 2 is 1.28 bits per heavy atom. The largest absolute Gasteiger partial charge is 0.472 e. The molecule has 1 aromatic heterocycles. The average molecular weight is 754 g/mol. The lowest BCUT2D eigenvalue weighted by atomic mass is 9.98. The van der Waals surface area contributed by atoms with Gasteiger partial charge in [-0.2, -0.15) is 0 Å². The van der Waals surface area contributed by atoms with Crippen LogP contribution in [-0.2, 0) is 45.6 Å². The lowest BCUT2D eigenvalue weighted by molar-refractivity contribution is -0.147. The summed E-state index contributed by atoms with van der Waals surface area (Å²) in [7, 11) is -4.46. The van der Waals surface area contributed by atoms with Gasteiger partial charge >= 0.3 is 19.8 Å². The Balaban J connectivity index is 1.02. The van der Waals surface area contributed by atoms with Crippen LogP contribution in [0, 0.1) is 0 Å². The molecule has 2 N–H and O–H groups in total. The number of carbonyl (C=O) groups excluding carboxylic acids is 2. The average Bonchev–Trinajstić information content (AvgIpc) is 3.75. The standard InChI is InChI=1S/C42H60NO9P/c1-2-3-4-5-6-7-8-9-10-11-12-13-14-25-41(45)49-31-35(44)32-52-53(47,48)51-30-29-43-28-19-20-34(43)26-27-42(46)50-33-40-38-23-17-15-21-36(38)37-22-16-18-24-39(37)40/h15-24,28,35,40,44H,2-14,25-27,29-33H2,1H3,(H,47,48). The zero-order valence-corrected chi connectivity index (χ0v) is 32.4. The highest BCUT2D eigenvalue weighted by Gasteiger charge is 2.29. The van der Waals surface area contributed by atoms with Crippen molar-refractivity contribution in [2.75, 3.05) is 26.4 Å². The van der Waals surface area contributed by atoms with Crippen molar-refractivity contribution >= 4 is 19.8 Å². The summed E-state index contributed by atoms with van der Waals surface area (Å²) in [5.74, 6) is -0.705. The first-order valence-electron chi connectivity index (χ1n) is 19.7. The van der Waals surface area contributed by atoms with Crippen molar-refractivity contribution < 1.29 is 42.7 Å². The second-order valence-corrected chi connectivity index (χ2v) is 15.5. The van der Waals surface area contributed by atoms with Crippen LogP contribution in [0.4, 0.5) is 0 Å². The molecule has 1 aliphatic carbocycles. The smallest absolute Gasteiger partial charge is 0.465 e. The fourth-order valence-corrected chi connectivity index (χ4v) is 7.63. The van der Waals surface area contributed by atoms with Gasteiger partial charge in [0.05, 0.1) is 19.6 Å². The minimum Gasteiger partial charge on any atom is -0.465 e. The van der Waals surface area contributed by atoms with E-state index in [1.54, 1.807) is 6.20 Å². The number of aryl methyl sites for hydroxylation is 1. The van der Waals surface area contributed by atoms with Gasteiger partial charge in [-0.3, -0.25) is 18.6 Å². The zero-order chi connectivity index (χ0) is 37.7. The Bertz CT molecular complexity index is 1530. The maximum absolute atomic E-state index is 12.7. The minimum absolute atomic E-state index is 0.00123. The number of ether oxygens (including phenoxy) is 2. The summed E-state index contributed by atoms with van der Waals surface area (Å²) in [5, 5.41) is 10.1. The summed E-state index contributed by atoms with van der Waals surface area (Å²) in [6, 6.07) is 20.1. The van der Waals surface area contributed by atoms with Crippen molar-refractivity contribution in [3.05, 3.63) is 83.7 Å². The number of hydrogen-bond acceptors (Lipinski definition) is 8. The van der Waals surface area contributed by atoms with Gasteiger partial charge in [-0.15, -0.1) is 0 Å². The summed E-state index contributed by atoms with van der Waals surface area (Å²) in [4.78, 5) is 34.9. The van der Waals surface area contributed by atoms with E-state index in [0.29, 0.717) is 6.42 Å². The van der Waals surface area contributed by atoms with Gasteiger partial charge < -0.3 is 24.0 Å². The summed E-state index contributed by atoms with van der Waals surface area (Å²) in [5.41, 5.74) is 5.53. The van der Waals surface area contributed by atoms with Crippen molar-refractivity contribution in [3.8, 4) is 11.1 Å². The summed E-state index contributed by atoms with van der Waals surface area (Å²) >= 11 is 0. The van der Waals surface area contributed by atoms with E-state index in [-0.39, 0.29) is 51.1 Å². The zero-order valence-electron chi connectivity index (χ0n) is 31.5. The van der Waals surface area contributed by atoms with Gasteiger partial charge in [-0.25, -0.2) is 4.57 Å². The number of unbranched alkanes of at least 4 members (excludes halogenated alkanes) is 12. The van der Waals surface area contributed by atoms with Crippen LogP contribution < -0.4 is 0 Å². The predicted octanol–water partition coefficient (Wildman–Crippen LogP) is 9.30. The van der Waals surface area contributed by atoms with Crippen LogP contribution >= 0.6 is 7.82 Å². The fraction of sp³-hybridized carbons (Fsp3) is 0.571. The van der Waals surface area contributed by atoms with Crippen molar-refractivity contribution in [1.82, 2.24) is 4.57 Å². The number of phosphoric acid groups is 1. The maximum Gasteiger partial charge on any atom is 0.472 e. The fourth-order valence-electron chi connectivity index (χ4n) is 6.88.